The molecule has 0 aromatic rings. The van der Waals surface area contributed by atoms with Crippen molar-refractivity contribution < 1.29 is 19.1 Å². The molecule has 2 unspecified atom stereocenters. The number of methoxy groups -OCH3 is 2. The first-order valence-corrected chi connectivity index (χ1v) is 6.81. The van der Waals surface area contributed by atoms with Crippen molar-refractivity contribution in [2.75, 3.05) is 14.2 Å². The molecule has 4 nitrogen and oxygen atoms in total. The molecule has 2 fully saturated rings. The second-order valence-corrected chi connectivity index (χ2v) is 5.59. The fraction of sp³-hybridized carbons (Fsp3) is 0.857. The van der Waals surface area contributed by atoms with Crippen molar-refractivity contribution in [2.24, 2.45) is 23.7 Å². The summed E-state index contributed by atoms with van der Waals surface area (Å²) >= 11 is 0. The predicted octanol–water partition coefficient (Wildman–Crippen LogP) is 2.17. The van der Waals surface area contributed by atoms with Gasteiger partial charge in [0.25, 0.3) is 0 Å². The Kier molecular flexibility index (Phi) is 4.25. The fourth-order valence-corrected chi connectivity index (χ4v) is 3.65. The molecule has 0 radical (unpaired) electrons. The molecule has 102 valence electrons. The molecule has 0 aliphatic heterocycles. The minimum atomic E-state index is -0.0662. The van der Waals surface area contributed by atoms with Gasteiger partial charge in [-0.25, -0.2) is 0 Å². The monoisotopic (exact) mass is 254 g/mol. The van der Waals surface area contributed by atoms with Crippen LogP contribution < -0.4 is 0 Å². The van der Waals surface area contributed by atoms with Crippen LogP contribution in [0.5, 0.6) is 0 Å². The molecular weight excluding hydrogens is 232 g/mol. The van der Waals surface area contributed by atoms with Gasteiger partial charge >= 0.3 is 11.9 Å². The van der Waals surface area contributed by atoms with E-state index in [4.69, 9.17) is 9.47 Å². The third kappa shape index (κ3) is 2.68. The van der Waals surface area contributed by atoms with Gasteiger partial charge < -0.3 is 9.47 Å². The summed E-state index contributed by atoms with van der Waals surface area (Å²) in [6, 6.07) is 0. The Morgan fingerprint density at radius 3 is 1.50 bits per heavy atom. The highest BCUT2D eigenvalue weighted by Gasteiger charge is 2.40. The van der Waals surface area contributed by atoms with Gasteiger partial charge in [0.2, 0.25) is 0 Å². The van der Waals surface area contributed by atoms with Crippen molar-refractivity contribution >= 4 is 11.9 Å². The normalized spacial score (nSPS) is 35.4. The molecule has 4 heteroatoms. The Bertz CT molecular complexity index is 294. The molecule has 0 aromatic carbocycles. The topological polar surface area (TPSA) is 52.6 Å². The second kappa shape index (κ2) is 5.72. The van der Waals surface area contributed by atoms with E-state index in [9.17, 15) is 9.59 Å². The molecule has 0 aromatic heterocycles. The summed E-state index contributed by atoms with van der Waals surface area (Å²) in [6.45, 7) is 0. The zero-order valence-electron chi connectivity index (χ0n) is 11.2. The van der Waals surface area contributed by atoms with Gasteiger partial charge in [-0.15, -0.1) is 0 Å². The van der Waals surface area contributed by atoms with E-state index in [0.717, 1.165) is 38.5 Å². The maximum atomic E-state index is 11.6. The van der Waals surface area contributed by atoms with E-state index in [1.54, 1.807) is 0 Å². The van der Waals surface area contributed by atoms with E-state index in [0.29, 0.717) is 11.8 Å². The zero-order valence-corrected chi connectivity index (χ0v) is 11.2. The fourth-order valence-electron chi connectivity index (χ4n) is 3.65. The number of esters is 2. The molecule has 0 saturated heterocycles. The first-order chi connectivity index (χ1) is 8.65. The van der Waals surface area contributed by atoms with Crippen LogP contribution in [0, 0.1) is 23.7 Å². The average Bonchev–Trinajstić information content (AvgIpc) is 2.44. The van der Waals surface area contributed by atoms with Gasteiger partial charge in [0.1, 0.15) is 0 Å². The first kappa shape index (κ1) is 13.4. The number of hydrogen-bond acceptors (Lipinski definition) is 4. The lowest BCUT2D eigenvalue weighted by Gasteiger charge is -2.40. The minimum absolute atomic E-state index is 0.0662. The van der Waals surface area contributed by atoms with Crippen LogP contribution in [-0.2, 0) is 19.1 Å². The number of hydrogen-bond donors (Lipinski definition) is 0. The number of ether oxygens (including phenoxy) is 2. The van der Waals surface area contributed by atoms with Gasteiger partial charge in [-0.3, -0.25) is 9.59 Å². The number of carbonyl (C=O) groups is 2. The van der Waals surface area contributed by atoms with Crippen LogP contribution in [0.2, 0.25) is 0 Å². The lowest BCUT2D eigenvalue weighted by Crippen LogP contribution is -2.36. The van der Waals surface area contributed by atoms with Crippen LogP contribution in [-0.4, -0.2) is 26.2 Å². The summed E-state index contributed by atoms with van der Waals surface area (Å²) in [4.78, 5) is 23.1. The maximum Gasteiger partial charge on any atom is 0.308 e. The highest BCUT2D eigenvalue weighted by molar-refractivity contribution is 5.73. The van der Waals surface area contributed by atoms with Gasteiger partial charge in [0.05, 0.1) is 26.1 Å². The molecular formula is C14H22O4. The van der Waals surface area contributed by atoms with Crippen LogP contribution in [0.3, 0.4) is 0 Å². The van der Waals surface area contributed by atoms with Crippen LogP contribution in [0.4, 0.5) is 0 Å². The van der Waals surface area contributed by atoms with Gasteiger partial charge in [0.15, 0.2) is 0 Å². The Hall–Kier alpha value is -1.06. The van der Waals surface area contributed by atoms with E-state index < -0.39 is 0 Å². The van der Waals surface area contributed by atoms with E-state index in [1.165, 1.54) is 14.2 Å². The van der Waals surface area contributed by atoms with Crippen molar-refractivity contribution in [3.05, 3.63) is 0 Å². The summed E-state index contributed by atoms with van der Waals surface area (Å²) in [7, 11) is 2.92. The summed E-state index contributed by atoms with van der Waals surface area (Å²) < 4.78 is 9.67. The molecule has 0 spiro atoms. The molecule has 4 atom stereocenters. The minimum Gasteiger partial charge on any atom is -0.469 e. The molecule has 0 amide bonds. The molecule has 0 N–H and O–H groups in total. The third-order valence-corrected chi connectivity index (χ3v) is 4.68. The standard InChI is InChI=1S/C14H22O4/c1-17-13(15)11-5-3-10-8-12(14(16)18-2)6-4-9(10)7-11/h9-12H,3-8H2,1-2H3/t9-,10?,11?,12+/m0/s1. The molecule has 2 rings (SSSR count). The number of carbonyl (C=O) groups excluding carboxylic acids is 2. The maximum absolute atomic E-state index is 11.6. The van der Waals surface area contributed by atoms with E-state index in [1.807, 2.05) is 0 Å². The van der Waals surface area contributed by atoms with Crippen molar-refractivity contribution in [1.29, 1.82) is 0 Å². The quantitative estimate of drug-likeness (QED) is 0.709. The summed E-state index contributed by atoms with van der Waals surface area (Å²) in [5.41, 5.74) is 0. The van der Waals surface area contributed by atoms with Gasteiger partial charge in [-0.05, 0) is 50.4 Å². The zero-order chi connectivity index (χ0) is 13.1. The van der Waals surface area contributed by atoms with Crippen LogP contribution in [0.25, 0.3) is 0 Å². The highest BCUT2D eigenvalue weighted by Crippen LogP contribution is 2.45. The summed E-state index contributed by atoms with van der Waals surface area (Å²) in [5, 5.41) is 0. The van der Waals surface area contributed by atoms with E-state index in [-0.39, 0.29) is 23.8 Å². The lowest BCUT2D eigenvalue weighted by molar-refractivity contribution is -0.151. The Balaban J connectivity index is 1.91. The predicted molar refractivity (Wildman–Crippen MR) is 65.7 cm³/mol. The molecule has 18 heavy (non-hydrogen) atoms. The molecule has 0 bridgehead atoms. The Morgan fingerprint density at radius 2 is 1.17 bits per heavy atom. The van der Waals surface area contributed by atoms with E-state index >= 15 is 0 Å². The lowest BCUT2D eigenvalue weighted by atomic mass is 9.65. The van der Waals surface area contributed by atoms with Crippen LogP contribution in [0.1, 0.15) is 38.5 Å². The molecule has 2 aliphatic rings. The van der Waals surface area contributed by atoms with Crippen molar-refractivity contribution in [3.8, 4) is 0 Å². The smallest absolute Gasteiger partial charge is 0.308 e. The van der Waals surface area contributed by atoms with Gasteiger partial charge in [0, 0.05) is 0 Å². The Labute approximate surface area is 108 Å². The SMILES string of the molecule is COC(=O)C1CCC2C[C@H](C(=O)OC)CC[C@H]2C1. The van der Waals surface area contributed by atoms with Crippen LogP contribution >= 0.6 is 0 Å². The largest absolute Gasteiger partial charge is 0.469 e. The summed E-state index contributed by atoms with van der Waals surface area (Å²) in [5.74, 6) is 1.19. The van der Waals surface area contributed by atoms with Crippen molar-refractivity contribution in [1.82, 2.24) is 0 Å². The van der Waals surface area contributed by atoms with Crippen molar-refractivity contribution in [2.45, 2.75) is 38.5 Å². The Morgan fingerprint density at radius 1 is 0.778 bits per heavy atom. The summed E-state index contributed by atoms with van der Waals surface area (Å²) in [6.07, 6.45) is 5.76. The first-order valence-electron chi connectivity index (χ1n) is 6.81. The molecule has 0 heterocycles. The van der Waals surface area contributed by atoms with Gasteiger partial charge in [-0.2, -0.15) is 0 Å². The number of fused-ring (bicyclic) bond motifs is 1. The third-order valence-electron chi connectivity index (χ3n) is 4.68. The molecule has 2 saturated carbocycles. The van der Waals surface area contributed by atoms with Crippen molar-refractivity contribution in [3.63, 3.8) is 0 Å². The number of rotatable bonds is 2. The molecule has 2 aliphatic carbocycles. The average molecular weight is 254 g/mol. The second-order valence-electron chi connectivity index (χ2n) is 5.59. The van der Waals surface area contributed by atoms with E-state index in [2.05, 4.69) is 0 Å². The highest BCUT2D eigenvalue weighted by atomic mass is 16.5. The van der Waals surface area contributed by atoms with Gasteiger partial charge in [-0.1, -0.05) is 0 Å². The van der Waals surface area contributed by atoms with Crippen LogP contribution in [0.15, 0.2) is 0 Å².